The predicted molar refractivity (Wildman–Crippen MR) is 69.4 cm³/mol. The van der Waals surface area contributed by atoms with Gasteiger partial charge in [0, 0.05) is 30.7 Å². The Morgan fingerprint density at radius 1 is 1.13 bits per heavy atom. The molecule has 1 saturated heterocycles. The summed E-state index contributed by atoms with van der Waals surface area (Å²) in [4.78, 5) is 2.59. The summed E-state index contributed by atoms with van der Waals surface area (Å²) in [5.41, 5.74) is 0.350. The lowest BCUT2D eigenvalue weighted by Crippen LogP contribution is -2.50. The van der Waals surface area contributed by atoms with E-state index in [4.69, 9.17) is 0 Å². The molecule has 0 atom stereocenters. The third-order valence-corrected chi connectivity index (χ3v) is 3.01. The van der Waals surface area contributed by atoms with E-state index in [0.717, 1.165) is 6.04 Å². The molecule has 0 aliphatic carbocycles. The lowest BCUT2D eigenvalue weighted by atomic mass is 9.98. The molecule has 0 saturated carbocycles. The van der Waals surface area contributed by atoms with Gasteiger partial charge in [-0.3, -0.25) is 4.90 Å². The van der Waals surface area contributed by atoms with Gasteiger partial charge in [0.15, 0.2) is 0 Å². The van der Waals surface area contributed by atoms with Gasteiger partial charge in [0.1, 0.15) is 0 Å². The molecule has 0 aromatic carbocycles. The average molecular weight is 214 g/mol. The summed E-state index contributed by atoms with van der Waals surface area (Å²) in [6, 6.07) is 1.37. The maximum atomic E-state index is 3.63. The lowest BCUT2D eigenvalue weighted by Gasteiger charge is -2.41. The molecule has 1 rings (SSSR count). The van der Waals surface area contributed by atoms with Crippen molar-refractivity contribution in [2.24, 2.45) is 0 Å². The summed E-state index contributed by atoms with van der Waals surface area (Å²) >= 11 is 0. The minimum Gasteiger partial charge on any atom is -0.312 e. The zero-order valence-corrected chi connectivity index (χ0v) is 10.4. The van der Waals surface area contributed by atoms with E-state index in [0.29, 0.717) is 11.6 Å². The van der Waals surface area contributed by atoms with Crippen molar-refractivity contribution in [3.63, 3.8) is 0 Å². The molecule has 1 heterocycles. The van der Waals surface area contributed by atoms with Gasteiger partial charge in [0.25, 0.3) is 0 Å². The van der Waals surface area contributed by atoms with Crippen molar-refractivity contribution >= 4 is 0 Å². The molecule has 2 heteroatoms. The van der Waals surface area contributed by atoms with Crippen molar-refractivity contribution in [1.82, 2.24) is 10.2 Å². The minimum absolute atomic E-state index is 0. The van der Waals surface area contributed by atoms with Crippen molar-refractivity contribution in [2.75, 3.05) is 13.1 Å². The standard InChI is InChI=1S/C12H26N2.CH4/c1-10(2)13-11-6-8-14(9-7-11)12(3,4)5;/h10-11,13H,6-9H2,1-5H3;1H4. The lowest BCUT2D eigenvalue weighted by molar-refractivity contribution is 0.0947. The van der Waals surface area contributed by atoms with Crippen molar-refractivity contribution in [3.05, 3.63) is 0 Å². The fourth-order valence-electron chi connectivity index (χ4n) is 2.19. The van der Waals surface area contributed by atoms with E-state index in [2.05, 4.69) is 44.8 Å². The normalized spacial score (nSPS) is 20.4. The van der Waals surface area contributed by atoms with Gasteiger partial charge in [-0.2, -0.15) is 0 Å². The fraction of sp³-hybridized carbons (Fsp3) is 1.00. The summed E-state index contributed by atoms with van der Waals surface area (Å²) in [5, 5.41) is 3.63. The van der Waals surface area contributed by atoms with Crippen molar-refractivity contribution < 1.29 is 0 Å². The van der Waals surface area contributed by atoms with E-state index in [1.165, 1.54) is 25.9 Å². The Balaban J connectivity index is 0.00000196. The molecule has 0 bridgehead atoms. The monoisotopic (exact) mass is 214 g/mol. The highest BCUT2D eigenvalue weighted by atomic mass is 15.2. The van der Waals surface area contributed by atoms with Crippen LogP contribution in [0, 0.1) is 0 Å². The number of nitrogens with zero attached hydrogens (tertiary/aromatic N) is 1. The summed E-state index contributed by atoms with van der Waals surface area (Å²) in [6.45, 7) is 13.9. The number of nitrogens with one attached hydrogen (secondary N) is 1. The fourth-order valence-corrected chi connectivity index (χ4v) is 2.19. The van der Waals surface area contributed by atoms with Crippen LogP contribution in [0.5, 0.6) is 0 Å². The largest absolute Gasteiger partial charge is 0.312 e. The molecule has 0 amide bonds. The van der Waals surface area contributed by atoms with Crippen LogP contribution in [0.2, 0.25) is 0 Å². The minimum atomic E-state index is 0. The van der Waals surface area contributed by atoms with Crippen LogP contribution in [-0.4, -0.2) is 35.6 Å². The molecule has 0 unspecified atom stereocenters. The van der Waals surface area contributed by atoms with E-state index in [1.54, 1.807) is 0 Å². The number of piperidine rings is 1. The Morgan fingerprint density at radius 3 is 1.93 bits per heavy atom. The highest BCUT2D eigenvalue weighted by molar-refractivity contribution is 4.84. The van der Waals surface area contributed by atoms with Crippen LogP contribution in [0.1, 0.15) is 54.9 Å². The third-order valence-electron chi connectivity index (χ3n) is 3.01. The number of hydrogen-bond donors (Lipinski definition) is 1. The molecule has 0 aromatic heterocycles. The first-order valence-corrected chi connectivity index (χ1v) is 5.90. The number of rotatable bonds is 2. The average Bonchev–Trinajstić information content (AvgIpc) is 2.02. The molecule has 0 radical (unpaired) electrons. The third kappa shape index (κ3) is 4.98. The molecule has 15 heavy (non-hydrogen) atoms. The molecule has 1 aliphatic heterocycles. The first-order chi connectivity index (χ1) is 6.39. The molecular formula is C13H30N2. The zero-order valence-electron chi connectivity index (χ0n) is 10.4. The Labute approximate surface area is 96.4 Å². The smallest absolute Gasteiger partial charge is 0.0125 e. The molecule has 1 fully saturated rings. The molecule has 0 aromatic rings. The second-order valence-corrected chi connectivity index (χ2v) is 5.75. The summed E-state index contributed by atoms with van der Waals surface area (Å²) in [6.07, 6.45) is 2.60. The van der Waals surface area contributed by atoms with Gasteiger partial charge in [-0.25, -0.2) is 0 Å². The molecule has 0 spiro atoms. The van der Waals surface area contributed by atoms with E-state index in [1.807, 2.05) is 0 Å². The number of hydrogen-bond acceptors (Lipinski definition) is 2. The maximum absolute atomic E-state index is 3.63. The summed E-state index contributed by atoms with van der Waals surface area (Å²) in [5.74, 6) is 0. The van der Waals surface area contributed by atoms with Gasteiger partial charge in [0.05, 0.1) is 0 Å². The van der Waals surface area contributed by atoms with Crippen LogP contribution in [0.4, 0.5) is 0 Å². The second-order valence-electron chi connectivity index (χ2n) is 5.75. The van der Waals surface area contributed by atoms with Crippen LogP contribution in [0.3, 0.4) is 0 Å². The maximum Gasteiger partial charge on any atom is 0.0125 e. The van der Waals surface area contributed by atoms with E-state index in [9.17, 15) is 0 Å². The number of likely N-dealkylation sites (tertiary alicyclic amines) is 1. The topological polar surface area (TPSA) is 15.3 Å². The summed E-state index contributed by atoms with van der Waals surface area (Å²) in [7, 11) is 0. The van der Waals surface area contributed by atoms with Gasteiger partial charge in [-0.1, -0.05) is 21.3 Å². The van der Waals surface area contributed by atoms with Crippen LogP contribution >= 0.6 is 0 Å². The summed E-state index contributed by atoms with van der Waals surface area (Å²) < 4.78 is 0. The van der Waals surface area contributed by atoms with Gasteiger partial charge in [-0.15, -0.1) is 0 Å². The van der Waals surface area contributed by atoms with Crippen LogP contribution in [0.25, 0.3) is 0 Å². The quantitative estimate of drug-likeness (QED) is 0.760. The zero-order chi connectivity index (χ0) is 10.8. The van der Waals surface area contributed by atoms with Crippen LogP contribution in [0.15, 0.2) is 0 Å². The molecule has 1 aliphatic rings. The van der Waals surface area contributed by atoms with E-state index in [-0.39, 0.29) is 7.43 Å². The first kappa shape index (κ1) is 14.9. The Kier molecular flexibility index (Phi) is 5.82. The van der Waals surface area contributed by atoms with Crippen LogP contribution in [-0.2, 0) is 0 Å². The highest BCUT2D eigenvalue weighted by Gasteiger charge is 2.26. The molecule has 2 nitrogen and oxygen atoms in total. The Hall–Kier alpha value is -0.0800. The first-order valence-electron chi connectivity index (χ1n) is 5.90. The van der Waals surface area contributed by atoms with Gasteiger partial charge >= 0.3 is 0 Å². The van der Waals surface area contributed by atoms with Gasteiger partial charge in [-0.05, 0) is 33.6 Å². The van der Waals surface area contributed by atoms with Crippen molar-refractivity contribution in [2.45, 2.75) is 72.5 Å². The SMILES string of the molecule is C.CC(C)NC1CCN(C(C)(C)C)CC1. The van der Waals surface area contributed by atoms with E-state index < -0.39 is 0 Å². The Bertz CT molecular complexity index is 162. The predicted octanol–water partition coefficient (Wildman–Crippen LogP) is 2.88. The van der Waals surface area contributed by atoms with Crippen molar-refractivity contribution in [3.8, 4) is 0 Å². The second kappa shape index (κ2) is 5.86. The van der Waals surface area contributed by atoms with Crippen molar-refractivity contribution in [1.29, 1.82) is 0 Å². The Morgan fingerprint density at radius 2 is 1.60 bits per heavy atom. The molecule has 1 N–H and O–H groups in total. The van der Waals surface area contributed by atoms with E-state index >= 15 is 0 Å². The van der Waals surface area contributed by atoms with Crippen LogP contribution < -0.4 is 5.32 Å². The molecule has 92 valence electrons. The van der Waals surface area contributed by atoms with Gasteiger partial charge in [0.2, 0.25) is 0 Å². The highest BCUT2D eigenvalue weighted by Crippen LogP contribution is 2.20. The molecular weight excluding hydrogens is 184 g/mol. The van der Waals surface area contributed by atoms with Gasteiger partial charge < -0.3 is 5.32 Å².